The Morgan fingerprint density at radius 3 is 2.69 bits per heavy atom. The predicted molar refractivity (Wildman–Crippen MR) is 98.3 cm³/mol. The van der Waals surface area contributed by atoms with Gasteiger partial charge >= 0.3 is 0 Å². The summed E-state index contributed by atoms with van der Waals surface area (Å²) in [5, 5.41) is 3.10. The van der Waals surface area contributed by atoms with Gasteiger partial charge in [0.15, 0.2) is 0 Å². The highest BCUT2D eigenvalue weighted by Crippen LogP contribution is 2.28. The summed E-state index contributed by atoms with van der Waals surface area (Å²) in [6.07, 6.45) is 12.5. The van der Waals surface area contributed by atoms with Crippen LogP contribution in [0, 0.1) is 6.92 Å². The van der Waals surface area contributed by atoms with E-state index in [2.05, 4.69) is 40.1 Å². The van der Waals surface area contributed by atoms with Crippen molar-refractivity contribution in [1.29, 1.82) is 0 Å². The second-order valence-corrected chi connectivity index (χ2v) is 6.29. The second kappa shape index (κ2) is 7.38. The molecule has 26 heavy (non-hydrogen) atoms. The van der Waals surface area contributed by atoms with Crippen molar-refractivity contribution in [2.45, 2.75) is 25.7 Å². The summed E-state index contributed by atoms with van der Waals surface area (Å²) in [4.78, 5) is 28.3. The van der Waals surface area contributed by atoms with Gasteiger partial charge in [-0.2, -0.15) is 0 Å². The van der Waals surface area contributed by atoms with Gasteiger partial charge in [0.05, 0.1) is 24.3 Å². The maximum absolute atomic E-state index is 4.61. The molecular weight excluding hydrogens is 328 g/mol. The van der Waals surface area contributed by atoms with Gasteiger partial charge in [0.1, 0.15) is 23.3 Å². The Balaban J connectivity index is 1.45. The monoisotopic (exact) mass is 348 g/mol. The van der Waals surface area contributed by atoms with E-state index in [4.69, 9.17) is 0 Å². The molecule has 0 spiro atoms. The maximum Gasteiger partial charge on any atom is 0.150 e. The van der Waals surface area contributed by atoms with Crippen molar-refractivity contribution in [3.05, 3.63) is 54.8 Å². The zero-order valence-electron chi connectivity index (χ0n) is 14.6. The summed E-state index contributed by atoms with van der Waals surface area (Å²) in [5.74, 6) is 3.43. The molecule has 1 aliphatic rings. The lowest BCUT2D eigenvalue weighted by molar-refractivity contribution is 0.497. The van der Waals surface area contributed by atoms with Crippen LogP contribution < -0.4 is 10.2 Å². The van der Waals surface area contributed by atoms with Gasteiger partial charge < -0.3 is 10.2 Å². The lowest BCUT2D eigenvalue weighted by Gasteiger charge is -2.33. The van der Waals surface area contributed by atoms with E-state index in [0.29, 0.717) is 17.6 Å². The third-order valence-corrected chi connectivity index (χ3v) is 4.42. The molecule has 1 aliphatic heterocycles. The molecule has 132 valence electrons. The molecule has 1 saturated heterocycles. The number of rotatable bonds is 4. The number of nitrogens with one attached hydrogen (secondary N) is 1. The molecule has 0 saturated carbocycles. The predicted octanol–water partition coefficient (Wildman–Crippen LogP) is 2.49. The standard InChI is InChI=1S/C18H20N8/c1-13-20-5-4-18(24-13)26-8-2-3-14(12-26)15-9-23-17(11-22-15)25-16-10-19-6-7-21-16/h4-7,9-11,14H,2-3,8,12H2,1H3,(H,21,23,25)/t14-/m0/s1. The van der Waals surface area contributed by atoms with Crippen LogP contribution >= 0.6 is 0 Å². The third-order valence-electron chi connectivity index (χ3n) is 4.42. The van der Waals surface area contributed by atoms with Gasteiger partial charge in [0.2, 0.25) is 0 Å². The van der Waals surface area contributed by atoms with Gasteiger partial charge in [0.25, 0.3) is 0 Å². The fourth-order valence-electron chi connectivity index (χ4n) is 3.15. The first-order chi connectivity index (χ1) is 12.8. The first kappa shape index (κ1) is 16.3. The molecular formula is C18H20N8. The van der Waals surface area contributed by atoms with Crippen molar-refractivity contribution in [2.24, 2.45) is 0 Å². The normalized spacial score (nSPS) is 17.1. The molecule has 4 rings (SSSR count). The Bertz CT molecular complexity index is 853. The van der Waals surface area contributed by atoms with Crippen molar-refractivity contribution < 1.29 is 0 Å². The zero-order chi connectivity index (χ0) is 17.8. The molecule has 0 aliphatic carbocycles. The number of hydrogen-bond acceptors (Lipinski definition) is 8. The van der Waals surface area contributed by atoms with Crippen LogP contribution in [0.15, 0.2) is 43.2 Å². The van der Waals surface area contributed by atoms with Crippen LogP contribution in [-0.4, -0.2) is 43.0 Å². The highest BCUT2D eigenvalue weighted by Gasteiger charge is 2.23. The van der Waals surface area contributed by atoms with E-state index < -0.39 is 0 Å². The fraction of sp³-hybridized carbons (Fsp3) is 0.333. The van der Waals surface area contributed by atoms with Gasteiger partial charge in [-0.15, -0.1) is 0 Å². The van der Waals surface area contributed by atoms with Crippen LogP contribution in [0.5, 0.6) is 0 Å². The van der Waals surface area contributed by atoms with Gasteiger partial charge in [-0.3, -0.25) is 9.97 Å². The number of anilines is 3. The Morgan fingerprint density at radius 1 is 1.00 bits per heavy atom. The first-order valence-corrected chi connectivity index (χ1v) is 8.67. The van der Waals surface area contributed by atoms with E-state index in [9.17, 15) is 0 Å². The van der Waals surface area contributed by atoms with Crippen molar-refractivity contribution >= 4 is 17.5 Å². The van der Waals surface area contributed by atoms with Gasteiger partial charge in [-0.05, 0) is 25.8 Å². The Kier molecular flexibility index (Phi) is 4.63. The number of aromatic nitrogens is 6. The molecule has 8 heteroatoms. The lowest BCUT2D eigenvalue weighted by atomic mass is 9.95. The van der Waals surface area contributed by atoms with Crippen LogP contribution in [-0.2, 0) is 0 Å². The van der Waals surface area contributed by atoms with Gasteiger partial charge in [-0.1, -0.05) is 0 Å². The van der Waals surface area contributed by atoms with E-state index >= 15 is 0 Å². The molecule has 1 fully saturated rings. The second-order valence-electron chi connectivity index (χ2n) is 6.29. The van der Waals surface area contributed by atoms with E-state index in [-0.39, 0.29) is 0 Å². The van der Waals surface area contributed by atoms with E-state index in [1.807, 2.05) is 25.4 Å². The Labute approximate surface area is 151 Å². The molecule has 4 heterocycles. The minimum Gasteiger partial charge on any atom is -0.356 e. The van der Waals surface area contributed by atoms with Crippen molar-refractivity contribution in [1.82, 2.24) is 29.9 Å². The summed E-state index contributed by atoms with van der Waals surface area (Å²) < 4.78 is 0. The third kappa shape index (κ3) is 3.74. The molecule has 1 atom stereocenters. The van der Waals surface area contributed by atoms with Crippen molar-refractivity contribution in [3.63, 3.8) is 0 Å². The molecule has 8 nitrogen and oxygen atoms in total. The quantitative estimate of drug-likeness (QED) is 0.769. The minimum absolute atomic E-state index is 0.345. The number of hydrogen-bond donors (Lipinski definition) is 1. The Morgan fingerprint density at radius 2 is 1.92 bits per heavy atom. The van der Waals surface area contributed by atoms with Crippen LogP contribution in [0.4, 0.5) is 17.5 Å². The molecule has 0 amide bonds. The topological polar surface area (TPSA) is 92.6 Å². The van der Waals surface area contributed by atoms with Gasteiger partial charge in [-0.25, -0.2) is 19.9 Å². The summed E-state index contributed by atoms with van der Waals surface area (Å²) in [6, 6.07) is 1.97. The van der Waals surface area contributed by atoms with Crippen LogP contribution in [0.1, 0.15) is 30.3 Å². The smallest absolute Gasteiger partial charge is 0.150 e. The summed E-state index contributed by atoms with van der Waals surface area (Å²) in [6.45, 7) is 3.81. The average molecular weight is 348 g/mol. The molecule has 0 unspecified atom stereocenters. The molecule has 3 aromatic rings. The highest BCUT2D eigenvalue weighted by molar-refractivity contribution is 5.48. The Hall–Kier alpha value is -3.16. The number of piperidine rings is 1. The largest absolute Gasteiger partial charge is 0.356 e. The maximum atomic E-state index is 4.61. The van der Waals surface area contributed by atoms with E-state index in [0.717, 1.165) is 43.3 Å². The van der Waals surface area contributed by atoms with Gasteiger partial charge in [0, 0.05) is 37.6 Å². The lowest BCUT2D eigenvalue weighted by Crippen LogP contribution is -2.35. The van der Waals surface area contributed by atoms with Crippen LogP contribution in [0.3, 0.4) is 0 Å². The summed E-state index contributed by atoms with van der Waals surface area (Å²) >= 11 is 0. The fourth-order valence-corrected chi connectivity index (χ4v) is 3.15. The molecule has 3 aromatic heterocycles. The first-order valence-electron chi connectivity index (χ1n) is 8.67. The van der Waals surface area contributed by atoms with E-state index in [1.54, 1.807) is 24.8 Å². The number of nitrogens with zero attached hydrogens (tertiary/aromatic N) is 7. The molecule has 0 bridgehead atoms. The van der Waals surface area contributed by atoms with Crippen molar-refractivity contribution in [2.75, 3.05) is 23.3 Å². The molecule has 0 aromatic carbocycles. The van der Waals surface area contributed by atoms with Crippen molar-refractivity contribution in [3.8, 4) is 0 Å². The average Bonchev–Trinajstić information content (AvgIpc) is 2.69. The minimum atomic E-state index is 0.345. The summed E-state index contributed by atoms with van der Waals surface area (Å²) in [5.41, 5.74) is 1.00. The highest BCUT2D eigenvalue weighted by atomic mass is 15.2. The molecule has 0 radical (unpaired) electrons. The summed E-state index contributed by atoms with van der Waals surface area (Å²) in [7, 11) is 0. The van der Waals surface area contributed by atoms with Crippen LogP contribution in [0.2, 0.25) is 0 Å². The number of aryl methyl sites for hydroxylation is 1. The SMILES string of the molecule is Cc1nccc(N2CCC[C@H](c3cnc(Nc4cnccn4)cn3)C2)n1. The van der Waals surface area contributed by atoms with E-state index in [1.165, 1.54) is 0 Å². The molecule has 1 N–H and O–H groups in total. The van der Waals surface area contributed by atoms with Crippen LogP contribution in [0.25, 0.3) is 0 Å². The zero-order valence-corrected chi connectivity index (χ0v) is 14.6.